The predicted octanol–water partition coefficient (Wildman–Crippen LogP) is 1.49. The van der Waals surface area contributed by atoms with Crippen LogP contribution in [0.5, 0.6) is 0 Å². The highest BCUT2D eigenvalue weighted by Gasteiger charge is 2.33. The molecule has 3 unspecified atom stereocenters. The number of halogens is 1. The number of benzene rings is 1. The van der Waals surface area contributed by atoms with Gasteiger partial charge in [-0.1, -0.05) is 12.1 Å². The standard InChI is InChI=1S/C12H15FN2O/c1-7-5-9(3-4-11(7)13)12-10(6-16)8(2)14-15-12/h3-6,8,10,12,14-15H,1-2H3. The van der Waals surface area contributed by atoms with Gasteiger partial charge in [-0.25, -0.2) is 9.82 Å². The summed E-state index contributed by atoms with van der Waals surface area (Å²) in [6.07, 6.45) is 0.945. The van der Waals surface area contributed by atoms with Crippen molar-refractivity contribution < 1.29 is 9.18 Å². The number of hydrogen-bond acceptors (Lipinski definition) is 3. The summed E-state index contributed by atoms with van der Waals surface area (Å²) in [6, 6.07) is 4.95. The molecule has 0 aliphatic carbocycles. The zero-order valence-electron chi connectivity index (χ0n) is 9.33. The SMILES string of the molecule is Cc1cc(C2NNC(C)C2C=O)ccc1F. The van der Waals surface area contributed by atoms with E-state index in [0.717, 1.165) is 11.8 Å². The van der Waals surface area contributed by atoms with E-state index in [0.29, 0.717) is 5.56 Å². The average molecular weight is 222 g/mol. The molecule has 2 N–H and O–H groups in total. The van der Waals surface area contributed by atoms with Gasteiger partial charge in [0.05, 0.1) is 12.0 Å². The van der Waals surface area contributed by atoms with E-state index < -0.39 is 0 Å². The molecule has 1 saturated heterocycles. The lowest BCUT2D eigenvalue weighted by atomic mass is 9.91. The molecule has 2 rings (SSSR count). The first-order valence-corrected chi connectivity index (χ1v) is 5.36. The maximum atomic E-state index is 13.1. The topological polar surface area (TPSA) is 41.1 Å². The second-order valence-corrected chi connectivity index (χ2v) is 4.28. The molecule has 1 aromatic rings. The Hall–Kier alpha value is -1.26. The van der Waals surface area contributed by atoms with Gasteiger partial charge in [0.15, 0.2) is 0 Å². The maximum absolute atomic E-state index is 13.1. The number of carbonyl (C=O) groups is 1. The van der Waals surface area contributed by atoms with Crippen LogP contribution in [-0.2, 0) is 4.79 Å². The normalized spacial score (nSPS) is 29.3. The molecule has 0 bridgehead atoms. The van der Waals surface area contributed by atoms with E-state index in [1.54, 1.807) is 19.1 Å². The molecule has 3 atom stereocenters. The fourth-order valence-corrected chi connectivity index (χ4v) is 2.07. The van der Waals surface area contributed by atoms with Crippen molar-refractivity contribution >= 4 is 6.29 Å². The van der Waals surface area contributed by atoms with Crippen LogP contribution in [0.3, 0.4) is 0 Å². The molecule has 3 nitrogen and oxygen atoms in total. The minimum absolute atomic E-state index is 0.0770. The molecule has 1 aromatic carbocycles. The monoisotopic (exact) mass is 222 g/mol. The minimum atomic E-state index is -0.217. The first kappa shape index (κ1) is 11.2. The van der Waals surface area contributed by atoms with Crippen LogP contribution in [0.2, 0.25) is 0 Å². The van der Waals surface area contributed by atoms with Crippen molar-refractivity contribution in [3.63, 3.8) is 0 Å². The first-order chi connectivity index (χ1) is 7.63. The van der Waals surface area contributed by atoms with Gasteiger partial charge in [0.2, 0.25) is 0 Å². The Kier molecular flexibility index (Phi) is 3.03. The summed E-state index contributed by atoms with van der Waals surface area (Å²) in [5, 5.41) is 0. The van der Waals surface area contributed by atoms with E-state index in [-0.39, 0.29) is 23.8 Å². The summed E-state index contributed by atoms with van der Waals surface area (Å²) in [4.78, 5) is 11.0. The Labute approximate surface area is 94.0 Å². The highest BCUT2D eigenvalue weighted by atomic mass is 19.1. The molecule has 0 aromatic heterocycles. The molecular weight excluding hydrogens is 207 g/mol. The van der Waals surface area contributed by atoms with Crippen LogP contribution in [-0.4, -0.2) is 12.3 Å². The van der Waals surface area contributed by atoms with E-state index in [4.69, 9.17) is 0 Å². The van der Waals surface area contributed by atoms with Gasteiger partial charge in [-0.3, -0.25) is 5.43 Å². The summed E-state index contributed by atoms with van der Waals surface area (Å²) in [7, 11) is 0. The summed E-state index contributed by atoms with van der Waals surface area (Å²) >= 11 is 0. The van der Waals surface area contributed by atoms with Crippen molar-refractivity contribution in [2.24, 2.45) is 5.92 Å². The van der Waals surface area contributed by atoms with Gasteiger partial charge in [-0.2, -0.15) is 0 Å². The molecule has 1 fully saturated rings. The van der Waals surface area contributed by atoms with E-state index in [9.17, 15) is 9.18 Å². The van der Waals surface area contributed by atoms with E-state index in [1.165, 1.54) is 6.07 Å². The number of aryl methyl sites for hydroxylation is 1. The van der Waals surface area contributed by atoms with Crippen molar-refractivity contribution in [2.75, 3.05) is 0 Å². The average Bonchev–Trinajstić information content (AvgIpc) is 2.63. The second kappa shape index (κ2) is 4.31. The van der Waals surface area contributed by atoms with Crippen molar-refractivity contribution in [1.29, 1.82) is 0 Å². The highest BCUT2D eigenvalue weighted by molar-refractivity contribution is 5.58. The minimum Gasteiger partial charge on any atom is -0.303 e. The van der Waals surface area contributed by atoms with Gasteiger partial charge in [0.1, 0.15) is 12.1 Å². The lowest BCUT2D eigenvalue weighted by molar-refractivity contribution is -0.111. The van der Waals surface area contributed by atoms with Crippen LogP contribution >= 0.6 is 0 Å². The summed E-state index contributed by atoms with van der Waals surface area (Å²) in [5.41, 5.74) is 7.63. The highest BCUT2D eigenvalue weighted by Crippen LogP contribution is 2.28. The fourth-order valence-electron chi connectivity index (χ4n) is 2.07. The number of aldehydes is 1. The fraction of sp³-hybridized carbons (Fsp3) is 0.417. The van der Waals surface area contributed by atoms with Crippen molar-refractivity contribution in [1.82, 2.24) is 10.9 Å². The molecule has 0 spiro atoms. The van der Waals surface area contributed by atoms with Crippen LogP contribution in [0.15, 0.2) is 18.2 Å². The smallest absolute Gasteiger partial charge is 0.126 e. The summed E-state index contributed by atoms with van der Waals surface area (Å²) in [6.45, 7) is 3.67. The number of carbonyl (C=O) groups excluding carboxylic acids is 1. The van der Waals surface area contributed by atoms with E-state index >= 15 is 0 Å². The number of hydrogen-bond donors (Lipinski definition) is 2. The lowest BCUT2D eigenvalue weighted by Gasteiger charge is -2.16. The Bertz CT molecular complexity index is 408. The third kappa shape index (κ3) is 1.86. The molecule has 1 aliphatic rings. The zero-order chi connectivity index (χ0) is 11.7. The van der Waals surface area contributed by atoms with Gasteiger partial charge in [-0.05, 0) is 31.0 Å². The second-order valence-electron chi connectivity index (χ2n) is 4.28. The van der Waals surface area contributed by atoms with Gasteiger partial charge in [0.25, 0.3) is 0 Å². The quantitative estimate of drug-likeness (QED) is 0.745. The lowest BCUT2D eigenvalue weighted by Crippen LogP contribution is -2.29. The largest absolute Gasteiger partial charge is 0.303 e. The third-order valence-electron chi connectivity index (χ3n) is 3.13. The Balaban J connectivity index is 2.30. The Morgan fingerprint density at radius 1 is 1.38 bits per heavy atom. The van der Waals surface area contributed by atoms with Crippen molar-refractivity contribution in [2.45, 2.75) is 25.9 Å². The van der Waals surface area contributed by atoms with Crippen molar-refractivity contribution in [3.05, 3.63) is 35.1 Å². The molecule has 1 aliphatic heterocycles. The first-order valence-electron chi connectivity index (χ1n) is 5.36. The Morgan fingerprint density at radius 3 is 2.75 bits per heavy atom. The van der Waals surface area contributed by atoms with Gasteiger partial charge >= 0.3 is 0 Å². The van der Waals surface area contributed by atoms with Crippen LogP contribution in [0.1, 0.15) is 24.1 Å². The van der Waals surface area contributed by atoms with Crippen LogP contribution in [0, 0.1) is 18.7 Å². The molecule has 0 radical (unpaired) electrons. The van der Waals surface area contributed by atoms with Crippen LogP contribution in [0.4, 0.5) is 4.39 Å². The van der Waals surface area contributed by atoms with Crippen LogP contribution < -0.4 is 10.9 Å². The van der Waals surface area contributed by atoms with Crippen molar-refractivity contribution in [3.8, 4) is 0 Å². The molecule has 1 heterocycles. The Morgan fingerprint density at radius 2 is 2.12 bits per heavy atom. The van der Waals surface area contributed by atoms with E-state index in [2.05, 4.69) is 10.9 Å². The predicted molar refractivity (Wildman–Crippen MR) is 59.2 cm³/mol. The molecule has 86 valence electrons. The summed E-state index contributed by atoms with van der Waals surface area (Å²) < 4.78 is 13.1. The molecule has 16 heavy (non-hydrogen) atoms. The maximum Gasteiger partial charge on any atom is 0.126 e. The molecule has 0 amide bonds. The number of nitrogens with one attached hydrogen (secondary N) is 2. The number of hydrazine groups is 1. The third-order valence-corrected chi connectivity index (χ3v) is 3.13. The van der Waals surface area contributed by atoms with Gasteiger partial charge in [0, 0.05) is 6.04 Å². The zero-order valence-corrected chi connectivity index (χ0v) is 9.33. The molecular formula is C12H15FN2O. The van der Waals surface area contributed by atoms with Crippen LogP contribution in [0.25, 0.3) is 0 Å². The van der Waals surface area contributed by atoms with E-state index in [1.807, 2.05) is 6.92 Å². The number of rotatable bonds is 2. The van der Waals surface area contributed by atoms with Gasteiger partial charge in [-0.15, -0.1) is 0 Å². The van der Waals surface area contributed by atoms with Gasteiger partial charge < -0.3 is 4.79 Å². The summed E-state index contributed by atoms with van der Waals surface area (Å²) in [5.74, 6) is -0.338. The molecule has 4 heteroatoms. The molecule has 0 saturated carbocycles.